The van der Waals surface area contributed by atoms with Crippen molar-refractivity contribution in [2.45, 2.75) is 13.3 Å². The lowest BCUT2D eigenvalue weighted by Crippen LogP contribution is -2.21. The maximum absolute atomic E-state index is 10.4. The molecule has 0 amide bonds. The van der Waals surface area contributed by atoms with E-state index in [0.717, 1.165) is 19.5 Å². The zero-order valence-corrected chi connectivity index (χ0v) is 8.46. The third-order valence-corrected chi connectivity index (χ3v) is 2.54. The lowest BCUT2D eigenvalue weighted by molar-refractivity contribution is -0.385. The molecule has 0 N–H and O–H groups in total. The standard InChI is InChI=1S/C9H12N4O2/c1-7-2-3-12(6-7)9-10-4-8(5-11-9)13(14)15/h4-5,7H,2-3,6H2,1H3. The number of anilines is 1. The first-order valence-corrected chi connectivity index (χ1v) is 4.88. The predicted octanol–water partition coefficient (Wildman–Crippen LogP) is 1.23. The van der Waals surface area contributed by atoms with Gasteiger partial charge in [-0.3, -0.25) is 10.1 Å². The smallest absolute Gasteiger partial charge is 0.305 e. The van der Waals surface area contributed by atoms with Gasteiger partial charge in [-0.1, -0.05) is 6.92 Å². The first-order chi connectivity index (χ1) is 7.16. The van der Waals surface area contributed by atoms with Crippen molar-refractivity contribution in [2.24, 2.45) is 5.92 Å². The van der Waals surface area contributed by atoms with E-state index in [1.807, 2.05) is 4.90 Å². The molecule has 0 aromatic carbocycles. The number of nitro groups is 1. The van der Waals surface area contributed by atoms with Gasteiger partial charge in [0.25, 0.3) is 0 Å². The summed E-state index contributed by atoms with van der Waals surface area (Å²) in [5, 5.41) is 10.4. The van der Waals surface area contributed by atoms with Crippen molar-refractivity contribution in [3.8, 4) is 0 Å². The average Bonchev–Trinajstić information content (AvgIpc) is 2.65. The average molecular weight is 208 g/mol. The fraction of sp³-hybridized carbons (Fsp3) is 0.556. The fourth-order valence-corrected chi connectivity index (χ4v) is 1.69. The molecule has 0 bridgehead atoms. The molecule has 80 valence electrons. The van der Waals surface area contributed by atoms with Crippen molar-refractivity contribution in [1.29, 1.82) is 0 Å². The number of hydrogen-bond donors (Lipinski definition) is 0. The zero-order chi connectivity index (χ0) is 10.8. The minimum atomic E-state index is -0.490. The van der Waals surface area contributed by atoms with Crippen molar-refractivity contribution in [3.63, 3.8) is 0 Å². The second kappa shape index (κ2) is 3.80. The van der Waals surface area contributed by atoms with Crippen molar-refractivity contribution in [3.05, 3.63) is 22.5 Å². The van der Waals surface area contributed by atoms with Gasteiger partial charge in [0, 0.05) is 13.1 Å². The third-order valence-electron chi connectivity index (χ3n) is 2.54. The van der Waals surface area contributed by atoms with Crippen LogP contribution in [0.15, 0.2) is 12.4 Å². The minimum Gasteiger partial charge on any atom is -0.341 e. The summed E-state index contributed by atoms with van der Waals surface area (Å²) in [7, 11) is 0. The Labute approximate surface area is 87.1 Å². The molecule has 0 spiro atoms. The predicted molar refractivity (Wildman–Crippen MR) is 54.7 cm³/mol. The van der Waals surface area contributed by atoms with E-state index in [2.05, 4.69) is 16.9 Å². The van der Waals surface area contributed by atoms with Crippen LogP contribution in [0.5, 0.6) is 0 Å². The van der Waals surface area contributed by atoms with Gasteiger partial charge < -0.3 is 4.90 Å². The van der Waals surface area contributed by atoms with E-state index in [1.54, 1.807) is 0 Å². The van der Waals surface area contributed by atoms with Gasteiger partial charge in [-0.25, -0.2) is 9.97 Å². The highest BCUT2D eigenvalue weighted by molar-refractivity contribution is 5.34. The summed E-state index contributed by atoms with van der Waals surface area (Å²) in [4.78, 5) is 19.9. The molecule has 1 aromatic heterocycles. The van der Waals surface area contributed by atoms with Gasteiger partial charge in [0.15, 0.2) is 0 Å². The lowest BCUT2D eigenvalue weighted by atomic mass is 10.2. The van der Waals surface area contributed by atoms with Gasteiger partial charge in [-0.2, -0.15) is 0 Å². The van der Waals surface area contributed by atoms with E-state index in [4.69, 9.17) is 0 Å². The Bertz CT molecular complexity index is 365. The van der Waals surface area contributed by atoms with Gasteiger partial charge in [-0.05, 0) is 12.3 Å². The molecule has 2 rings (SSSR count). The van der Waals surface area contributed by atoms with E-state index in [1.165, 1.54) is 12.4 Å². The molecule has 0 aliphatic carbocycles. The quantitative estimate of drug-likeness (QED) is 0.540. The van der Waals surface area contributed by atoms with Crippen LogP contribution in [-0.2, 0) is 0 Å². The molecule has 1 saturated heterocycles. The second-order valence-corrected chi connectivity index (χ2v) is 3.84. The molecule has 1 aliphatic rings. The van der Waals surface area contributed by atoms with E-state index in [0.29, 0.717) is 11.9 Å². The van der Waals surface area contributed by atoms with Gasteiger partial charge in [0.2, 0.25) is 5.95 Å². The monoisotopic (exact) mass is 208 g/mol. The summed E-state index contributed by atoms with van der Waals surface area (Å²) in [6, 6.07) is 0. The number of nitrogens with zero attached hydrogens (tertiary/aromatic N) is 4. The summed E-state index contributed by atoms with van der Waals surface area (Å²) in [5.74, 6) is 1.23. The molecule has 15 heavy (non-hydrogen) atoms. The van der Waals surface area contributed by atoms with Crippen LogP contribution in [0.4, 0.5) is 11.6 Å². The molecule has 0 saturated carbocycles. The first-order valence-electron chi connectivity index (χ1n) is 4.88. The van der Waals surface area contributed by atoms with Crippen molar-refractivity contribution >= 4 is 11.6 Å². The van der Waals surface area contributed by atoms with Gasteiger partial charge in [-0.15, -0.1) is 0 Å². The minimum absolute atomic E-state index is 0.0639. The molecular weight excluding hydrogens is 196 g/mol. The van der Waals surface area contributed by atoms with Crippen molar-refractivity contribution < 1.29 is 4.92 Å². The Morgan fingerprint density at radius 3 is 2.67 bits per heavy atom. The molecule has 0 radical (unpaired) electrons. The van der Waals surface area contributed by atoms with E-state index < -0.39 is 4.92 Å². The first kappa shape index (κ1) is 9.82. The Balaban J connectivity index is 2.13. The van der Waals surface area contributed by atoms with E-state index >= 15 is 0 Å². The van der Waals surface area contributed by atoms with E-state index in [9.17, 15) is 10.1 Å². The second-order valence-electron chi connectivity index (χ2n) is 3.84. The third kappa shape index (κ3) is 2.03. The molecular formula is C9H12N4O2. The zero-order valence-electron chi connectivity index (χ0n) is 8.46. The maximum Gasteiger partial charge on any atom is 0.305 e. The molecule has 1 aromatic rings. The van der Waals surface area contributed by atoms with Crippen LogP contribution in [-0.4, -0.2) is 28.0 Å². The van der Waals surface area contributed by atoms with Crippen molar-refractivity contribution in [2.75, 3.05) is 18.0 Å². The summed E-state index contributed by atoms with van der Waals surface area (Å²) in [5.41, 5.74) is -0.0639. The maximum atomic E-state index is 10.4. The van der Waals surface area contributed by atoms with Crippen LogP contribution >= 0.6 is 0 Å². The molecule has 6 nitrogen and oxygen atoms in total. The molecule has 2 heterocycles. The van der Waals surface area contributed by atoms with Crippen LogP contribution in [0.2, 0.25) is 0 Å². The number of hydrogen-bond acceptors (Lipinski definition) is 5. The van der Waals surface area contributed by atoms with Crippen LogP contribution in [0.25, 0.3) is 0 Å². The highest BCUT2D eigenvalue weighted by Crippen LogP contribution is 2.20. The summed E-state index contributed by atoms with van der Waals surface area (Å²) in [6.45, 7) is 4.03. The largest absolute Gasteiger partial charge is 0.341 e. The van der Waals surface area contributed by atoms with E-state index in [-0.39, 0.29) is 5.69 Å². The Morgan fingerprint density at radius 1 is 1.53 bits per heavy atom. The normalized spacial score (nSPS) is 20.6. The Kier molecular flexibility index (Phi) is 2.49. The lowest BCUT2D eigenvalue weighted by Gasteiger charge is -2.14. The molecule has 1 atom stereocenters. The Hall–Kier alpha value is -1.72. The van der Waals surface area contributed by atoms with Gasteiger partial charge in [0.1, 0.15) is 12.4 Å². The van der Waals surface area contributed by atoms with Crippen LogP contribution in [0.1, 0.15) is 13.3 Å². The van der Waals surface area contributed by atoms with Crippen LogP contribution in [0, 0.1) is 16.0 Å². The summed E-state index contributed by atoms with van der Waals surface area (Å²) < 4.78 is 0. The molecule has 1 fully saturated rings. The van der Waals surface area contributed by atoms with Gasteiger partial charge >= 0.3 is 5.69 Å². The van der Waals surface area contributed by atoms with Gasteiger partial charge in [0.05, 0.1) is 4.92 Å². The Morgan fingerprint density at radius 2 is 2.20 bits per heavy atom. The summed E-state index contributed by atoms with van der Waals surface area (Å²) in [6.07, 6.45) is 3.64. The highest BCUT2D eigenvalue weighted by atomic mass is 16.6. The molecule has 6 heteroatoms. The SMILES string of the molecule is CC1CCN(c2ncc([N+](=O)[O-])cn2)C1. The number of aromatic nitrogens is 2. The highest BCUT2D eigenvalue weighted by Gasteiger charge is 2.21. The number of rotatable bonds is 2. The topological polar surface area (TPSA) is 72.2 Å². The van der Waals surface area contributed by atoms with Crippen LogP contribution in [0.3, 0.4) is 0 Å². The van der Waals surface area contributed by atoms with Crippen LogP contribution < -0.4 is 4.90 Å². The fourth-order valence-electron chi connectivity index (χ4n) is 1.69. The van der Waals surface area contributed by atoms with Crippen molar-refractivity contribution in [1.82, 2.24) is 9.97 Å². The molecule has 1 unspecified atom stereocenters. The molecule has 1 aliphatic heterocycles. The summed E-state index contributed by atoms with van der Waals surface area (Å²) >= 11 is 0.